The van der Waals surface area contributed by atoms with Crippen molar-refractivity contribution in [3.8, 4) is 0 Å². The summed E-state index contributed by atoms with van der Waals surface area (Å²) in [5.74, 6) is -1.04. The number of nitrogens with zero attached hydrogens (tertiary/aromatic N) is 1. The van der Waals surface area contributed by atoms with Gasteiger partial charge in [0.2, 0.25) is 0 Å². The van der Waals surface area contributed by atoms with E-state index in [9.17, 15) is 20.1 Å². The Labute approximate surface area is 251 Å². The second kappa shape index (κ2) is 18.7. The monoisotopic (exact) mass is 578 g/mol. The topological polar surface area (TPSA) is 144 Å². The van der Waals surface area contributed by atoms with E-state index < -0.39 is 24.2 Å². The van der Waals surface area contributed by atoms with Crippen LogP contribution in [0.2, 0.25) is 0 Å². The van der Waals surface area contributed by atoms with Crippen molar-refractivity contribution in [2.75, 3.05) is 6.54 Å². The van der Waals surface area contributed by atoms with Crippen LogP contribution in [0.4, 0.5) is 0 Å². The molecule has 0 fully saturated rings. The number of unbranched alkanes of at least 4 members (excludes halogenated alkanes) is 4. The number of nitrogens with two attached hydrogens (primary N) is 1. The number of hydrogen-bond acceptors (Lipinski definition) is 4. The lowest BCUT2D eigenvalue weighted by Crippen LogP contribution is -2.43. The van der Waals surface area contributed by atoms with Gasteiger partial charge in [-0.1, -0.05) is 94.5 Å². The molecule has 3 atom stereocenters. The summed E-state index contributed by atoms with van der Waals surface area (Å²) < 4.78 is 0. The minimum atomic E-state index is -1.04. The molecule has 1 aromatic carbocycles. The normalized spacial score (nSPS) is 15.1. The van der Waals surface area contributed by atoms with Gasteiger partial charge in [-0.3, -0.25) is 0 Å². The zero-order valence-corrected chi connectivity index (χ0v) is 25.6. The van der Waals surface area contributed by atoms with Gasteiger partial charge in [0, 0.05) is 23.0 Å². The highest BCUT2D eigenvalue weighted by molar-refractivity contribution is 5.86. The molecule has 1 aromatic heterocycles. The average Bonchev–Trinajstić information content (AvgIpc) is 3.35. The summed E-state index contributed by atoms with van der Waals surface area (Å²) in [6, 6.07) is 8.42. The van der Waals surface area contributed by atoms with E-state index in [0.717, 1.165) is 72.9 Å². The molecule has 0 aliphatic carbocycles. The van der Waals surface area contributed by atoms with Crippen LogP contribution in [-0.4, -0.2) is 50.9 Å². The first-order valence-electron chi connectivity index (χ1n) is 15.1. The van der Waals surface area contributed by atoms with Crippen molar-refractivity contribution < 1.29 is 20.1 Å². The van der Waals surface area contributed by atoms with Crippen molar-refractivity contribution in [3.05, 3.63) is 88.8 Å². The molecule has 0 aliphatic heterocycles. The highest BCUT2D eigenvalue weighted by Crippen LogP contribution is 2.31. The van der Waals surface area contributed by atoms with Crippen LogP contribution in [0.5, 0.6) is 0 Å². The van der Waals surface area contributed by atoms with Gasteiger partial charge in [-0.2, -0.15) is 0 Å². The van der Waals surface area contributed by atoms with Crippen molar-refractivity contribution in [1.29, 1.82) is 0 Å². The maximum absolute atomic E-state index is 12.0. The lowest BCUT2D eigenvalue weighted by molar-refractivity contribution is -0.137. The predicted octanol–water partition coefficient (Wildman–Crippen LogP) is 6.17. The molecule has 0 bridgehead atoms. The number of carboxylic acids is 1. The summed E-state index contributed by atoms with van der Waals surface area (Å²) >= 11 is 0. The molecule has 2 aromatic rings. The van der Waals surface area contributed by atoms with E-state index in [0.29, 0.717) is 12.0 Å². The van der Waals surface area contributed by atoms with E-state index in [2.05, 4.69) is 29.1 Å². The van der Waals surface area contributed by atoms with Gasteiger partial charge in [0.25, 0.3) is 0 Å². The van der Waals surface area contributed by atoms with Crippen molar-refractivity contribution in [2.45, 2.75) is 97.3 Å². The minimum Gasteiger partial charge on any atom is -0.479 e. The van der Waals surface area contributed by atoms with E-state index in [1.807, 2.05) is 62.4 Å². The first kappa shape index (κ1) is 34.6. The summed E-state index contributed by atoms with van der Waals surface area (Å²) in [4.78, 5) is 19.6. The Morgan fingerprint density at radius 3 is 2.43 bits per heavy atom. The Bertz CT molecular complexity index is 1210. The van der Waals surface area contributed by atoms with Gasteiger partial charge in [0.15, 0.2) is 5.96 Å². The molecule has 0 saturated heterocycles. The molecular weight excluding hydrogens is 528 g/mol. The van der Waals surface area contributed by atoms with Gasteiger partial charge in [0.05, 0.1) is 12.6 Å². The maximum atomic E-state index is 12.0. The standard InChI is InChI=1S/C34H50N4O4/c1-5-8-11-16-25(15-7-3)22-29(33(41)42)38-34(35)36-21-20-27(30(39)19-12-9-6-2)31-24(4)28(23-37-31)32(40)26-17-13-10-14-18-26/h7,10,13-15,17-18,20,22-23,29-30,32,37,39-40H,5-6,8-9,11-12,16,19,21H2,1-4H3,(H,41,42)(H3,35,36,38)/b15-7+,25-22+,27-20+. The lowest BCUT2D eigenvalue weighted by Gasteiger charge is -2.17. The first-order valence-corrected chi connectivity index (χ1v) is 15.1. The Hall–Kier alpha value is -3.62. The van der Waals surface area contributed by atoms with Gasteiger partial charge in [0.1, 0.15) is 12.1 Å². The number of aromatic nitrogens is 1. The predicted molar refractivity (Wildman–Crippen MR) is 172 cm³/mol. The number of H-pyrrole nitrogens is 1. The minimum absolute atomic E-state index is 0.00602. The summed E-state index contributed by atoms with van der Waals surface area (Å²) in [6.07, 6.45) is 15.0. The van der Waals surface area contributed by atoms with E-state index in [4.69, 9.17) is 5.73 Å². The number of hydrogen-bond donors (Lipinski definition) is 6. The molecule has 0 aliphatic rings. The molecule has 0 radical (unpaired) electrons. The Morgan fingerprint density at radius 2 is 1.79 bits per heavy atom. The number of guanidine groups is 1. The number of aliphatic carboxylic acids is 1. The third kappa shape index (κ3) is 11.0. The summed E-state index contributed by atoms with van der Waals surface area (Å²) in [5, 5.41) is 34.8. The van der Waals surface area contributed by atoms with Gasteiger partial charge in [-0.25, -0.2) is 9.79 Å². The Kier molecular flexibility index (Phi) is 15.4. The quantitative estimate of drug-likeness (QED) is 0.0540. The van der Waals surface area contributed by atoms with Crippen LogP contribution in [0.15, 0.2) is 71.4 Å². The lowest BCUT2D eigenvalue weighted by atomic mass is 9.94. The summed E-state index contributed by atoms with van der Waals surface area (Å²) in [5.41, 5.74) is 10.8. The number of nitrogens with one attached hydrogen (secondary N) is 2. The maximum Gasteiger partial charge on any atom is 0.330 e. The zero-order valence-electron chi connectivity index (χ0n) is 25.6. The molecule has 0 saturated carbocycles. The largest absolute Gasteiger partial charge is 0.479 e. The summed E-state index contributed by atoms with van der Waals surface area (Å²) in [7, 11) is 0. The molecule has 230 valence electrons. The average molecular weight is 579 g/mol. The van der Waals surface area contributed by atoms with Crippen LogP contribution in [0.25, 0.3) is 5.57 Å². The molecule has 8 heteroatoms. The number of allylic oxidation sites excluding steroid dienone is 3. The van der Waals surface area contributed by atoms with Gasteiger partial charge >= 0.3 is 5.97 Å². The molecule has 8 nitrogen and oxygen atoms in total. The zero-order chi connectivity index (χ0) is 30.9. The van der Waals surface area contributed by atoms with E-state index in [1.165, 1.54) is 0 Å². The van der Waals surface area contributed by atoms with Crippen LogP contribution in [-0.2, 0) is 4.79 Å². The third-order valence-corrected chi connectivity index (χ3v) is 7.29. The second-order valence-electron chi connectivity index (χ2n) is 10.6. The smallest absolute Gasteiger partial charge is 0.330 e. The molecule has 1 heterocycles. The summed E-state index contributed by atoms with van der Waals surface area (Å²) in [6.45, 7) is 8.22. The number of carbonyl (C=O) groups is 1. The fourth-order valence-electron chi connectivity index (χ4n) is 4.91. The van der Waals surface area contributed by atoms with Crippen LogP contribution in [0.3, 0.4) is 0 Å². The van der Waals surface area contributed by atoms with E-state index >= 15 is 0 Å². The van der Waals surface area contributed by atoms with Crippen LogP contribution >= 0.6 is 0 Å². The number of aliphatic hydroxyl groups excluding tert-OH is 2. The number of rotatable bonds is 18. The number of aromatic amines is 1. The number of carboxylic acid groups (broad SMARTS) is 1. The number of benzene rings is 1. The molecule has 7 N–H and O–H groups in total. The van der Waals surface area contributed by atoms with Crippen molar-refractivity contribution >= 4 is 17.5 Å². The van der Waals surface area contributed by atoms with E-state index in [-0.39, 0.29) is 12.5 Å². The number of aliphatic imine (C=N–C) groups is 1. The number of aliphatic hydroxyl groups is 2. The van der Waals surface area contributed by atoms with E-state index in [1.54, 1.807) is 12.3 Å². The Morgan fingerprint density at radius 1 is 1.10 bits per heavy atom. The third-order valence-electron chi connectivity index (χ3n) is 7.29. The second-order valence-corrected chi connectivity index (χ2v) is 10.6. The molecular formula is C34H50N4O4. The molecule has 3 unspecified atom stereocenters. The van der Waals surface area contributed by atoms with Gasteiger partial charge < -0.3 is 31.4 Å². The highest BCUT2D eigenvalue weighted by Gasteiger charge is 2.22. The van der Waals surface area contributed by atoms with Crippen molar-refractivity contribution in [1.82, 2.24) is 10.3 Å². The SMILES string of the molecule is C/C=C/C(=C\C(NC(N)=NC/C=C(/c1[nH]cc(C(O)c2ccccc2)c1C)C(O)CCCCC)C(=O)O)CCCCC. The molecule has 2 rings (SSSR count). The molecule has 0 spiro atoms. The molecule has 42 heavy (non-hydrogen) atoms. The molecule has 0 amide bonds. The van der Waals surface area contributed by atoms with Crippen molar-refractivity contribution in [2.24, 2.45) is 10.7 Å². The fraction of sp³-hybridized carbons (Fsp3) is 0.471. The van der Waals surface area contributed by atoms with Crippen LogP contribution in [0.1, 0.15) is 101 Å². The highest BCUT2D eigenvalue weighted by atomic mass is 16.4. The van der Waals surface area contributed by atoms with Crippen LogP contribution < -0.4 is 11.1 Å². The first-order chi connectivity index (χ1) is 20.2. The fourth-order valence-corrected chi connectivity index (χ4v) is 4.91. The van der Waals surface area contributed by atoms with Gasteiger partial charge in [-0.05, 0) is 55.9 Å². The Balaban J connectivity index is 2.29. The van der Waals surface area contributed by atoms with Crippen molar-refractivity contribution in [3.63, 3.8) is 0 Å². The van der Waals surface area contributed by atoms with Crippen LogP contribution in [0, 0.1) is 6.92 Å². The van der Waals surface area contributed by atoms with Gasteiger partial charge in [-0.15, -0.1) is 0 Å².